The molecule has 3 aromatic rings. The highest BCUT2D eigenvalue weighted by atomic mass is 19.1. The number of hydrogen-bond donors (Lipinski definition) is 1. The van der Waals surface area contributed by atoms with E-state index >= 15 is 0 Å². The molecule has 1 aliphatic heterocycles. The van der Waals surface area contributed by atoms with Crippen molar-refractivity contribution in [3.8, 4) is 16.9 Å². The number of nitrogen functional groups attached to an aromatic ring is 1. The average Bonchev–Trinajstić information content (AvgIpc) is 3.46. The molecule has 1 fully saturated rings. The maximum Gasteiger partial charge on any atom is 0.258 e. The van der Waals surface area contributed by atoms with Gasteiger partial charge in [-0.25, -0.2) is 9.37 Å². The van der Waals surface area contributed by atoms with Gasteiger partial charge in [0.2, 0.25) is 0 Å². The van der Waals surface area contributed by atoms with Crippen LogP contribution in [0, 0.1) is 5.82 Å². The lowest BCUT2D eigenvalue weighted by atomic mass is 9.99. The van der Waals surface area contributed by atoms with Crippen molar-refractivity contribution >= 4 is 22.5 Å². The molecule has 1 amide bonds. The van der Waals surface area contributed by atoms with E-state index in [1.54, 1.807) is 24.5 Å². The zero-order chi connectivity index (χ0) is 18.7. The molecule has 2 aliphatic rings. The molecule has 0 bridgehead atoms. The van der Waals surface area contributed by atoms with Gasteiger partial charge in [-0.2, -0.15) is 0 Å². The van der Waals surface area contributed by atoms with Gasteiger partial charge in [-0.3, -0.25) is 9.78 Å². The second-order valence-electron chi connectivity index (χ2n) is 6.91. The Labute approximate surface area is 154 Å². The molecule has 136 valence electrons. The van der Waals surface area contributed by atoms with Gasteiger partial charge in [-0.05, 0) is 31.0 Å². The third-order valence-corrected chi connectivity index (χ3v) is 5.27. The molecule has 1 aliphatic carbocycles. The highest BCUT2D eigenvalue weighted by molar-refractivity contribution is 6.11. The fraction of sp³-hybridized carbons (Fsp3) is 0.250. The Morgan fingerprint density at radius 2 is 2.07 bits per heavy atom. The molecule has 0 atom stereocenters. The van der Waals surface area contributed by atoms with E-state index in [2.05, 4.69) is 9.97 Å². The number of methoxy groups -OCH3 is 1. The van der Waals surface area contributed by atoms with E-state index in [0.717, 1.165) is 12.8 Å². The fourth-order valence-electron chi connectivity index (χ4n) is 3.80. The fourth-order valence-corrected chi connectivity index (χ4v) is 3.80. The molecule has 1 saturated carbocycles. The van der Waals surface area contributed by atoms with Crippen LogP contribution < -0.4 is 10.5 Å². The Hall–Kier alpha value is -3.22. The Morgan fingerprint density at radius 1 is 1.26 bits per heavy atom. The molecule has 0 saturated heterocycles. The summed E-state index contributed by atoms with van der Waals surface area (Å²) in [6.45, 7) is 0.416. The largest absolute Gasteiger partial charge is 0.496 e. The first-order chi connectivity index (χ1) is 13.1. The van der Waals surface area contributed by atoms with Crippen molar-refractivity contribution in [2.24, 2.45) is 0 Å². The van der Waals surface area contributed by atoms with Crippen LogP contribution in [0.5, 0.6) is 5.75 Å². The van der Waals surface area contributed by atoms with Gasteiger partial charge in [0.15, 0.2) is 0 Å². The number of amides is 1. The molecular weight excluding hydrogens is 347 g/mol. The first-order valence-electron chi connectivity index (χ1n) is 8.80. The lowest BCUT2D eigenvalue weighted by Crippen LogP contribution is -2.26. The summed E-state index contributed by atoms with van der Waals surface area (Å²) in [5, 5.41) is 0.557. The number of nitrogens with two attached hydrogens (primary N) is 1. The third kappa shape index (κ3) is 2.27. The van der Waals surface area contributed by atoms with Crippen LogP contribution in [0.2, 0.25) is 0 Å². The van der Waals surface area contributed by atoms with Crippen molar-refractivity contribution < 1.29 is 13.9 Å². The lowest BCUT2D eigenvalue weighted by molar-refractivity contribution is 0.0767. The molecule has 6 nitrogen and oxygen atoms in total. The summed E-state index contributed by atoms with van der Waals surface area (Å²) < 4.78 is 20.2. The summed E-state index contributed by atoms with van der Waals surface area (Å²) in [4.78, 5) is 23.4. The molecular formula is C20H17FN4O2. The summed E-state index contributed by atoms with van der Waals surface area (Å²) in [5.74, 6) is -0.0267. The predicted molar refractivity (Wildman–Crippen MR) is 98.8 cm³/mol. The Kier molecular flexibility index (Phi) is 3.34. The number of fused-ring (bicyclic) bond motifs is 2. The summed E-state index contributed by atoms with van der Waals surface area (Å²) in [6.07, 6.45) is 5.14. The quantitative estimate of drug-likeness (QED) is 0.772. The van der Waals surface area contributed by atoms with Crippen LogP contribution in [0.15, 0.2) is 30.6 Å². The number of anilines is 1. The summed E-state index contributed by atoms with van der Waals surface area (Å²) >= 11 is 0. The SMILES string of the molecule is COc1ccncc1-c1c(F)ccc2c(N)c3c(nc12)CN(C1CC1)C3=O. The maximum absolute atomic E-state index is 14.9. The topological polar surface area (TPSA) is 81.3 Å². The summed E-state index contributed by atoms with van der Waals surface area (Å²) in [5.41, 5.74) is 8.96. The van der Waals surface area contributed by atoms with Gasteiger partial charge < -0.3 is 15.4 Å². The number of carbonyl (C=O) groups excluding carboxylic acids is 1. The van der Waals surface area contributed by atoms with Crippen LogP contribution in [0.3, 0.4) is 0 Å². The second kappa shape index (κ2) is 5.64. The van der Waals surface area contributed by atoms with Gasteiger partial charge in [0, 0.05) is 34.9 Å². The van der Waals surface area contributed by atoms with Crippen molar-refractivity contribution in [2.75, 3.05) is 12.8 Å². The van der Waals surface area contributed by atoms with E-state index < -0.39 is 5.82 Å². The maximum atomic E-state index is 14.9. The summed E-state index contributed by atoms with van der Waals surface area (Å²) in [7, 11) is 1.52. The molecule has 3 heterocycles. The predicted octanol–water partition coefficient (Wildman–Crippen LogP) is 3.14. The number of nitrogens with zero attached hydrogens (tertiary/aromatic N) is 3. The summed E-state index contributed by atoms with van der Waals surface area (Å²) in [6, 6.07) is 4.85. The van der Waals surface area contributed by atoms with E-state index in [1.807, 2.05) is 4.90 Å². The Morgan fingerprint density at radius 3 is 2.81 bits per heavy atom. The van der Waals surface area contributed by atoms with Crippen LogP contribution in [-0.4, -0.2) is 33.9 Å². The number of carbonyl (C=O) groups is 1. The number of ether oxygens (including phenoxy) is 1. The van der Waals surface area contributed by atoms with Crippen molar-refractivity contribution in [1.82, 2.24) is 14.9 Å². The van der Waals surface area contributed by atoms with Crippen LogP contribution >= 0.6 is 0 Å². The number of halogens is 1. The molecule has 0 spiro atoms. The highest BCUT2D eigenvalue weighted by Crippen LogP contribution is 2.42. The smallest absolute Gasteiger partial charge is 0.258 e. The number of aromatic nitrogens is 2. The van der Waals surface area contributed by atoms with Crippen molar-refractivity contribution in [3.05, 3.63) is 47.7 Å². The van der Waals surface area contributed by atoms with E-state index in [9.17, 15) is 9.18 Å². The number of hydrogen-bond acceptors (Lipinski definition) is 5. The van der Waals surface area contributed by atoms with E-state index in [4.69, 9.17) is 10.5 Å². The number of pyridine rings is 2. The normalized spacial score (nSPS) is 16.1. The van der Waals surface area contributed by atoms with Gasteiger partial charge in [0.1, 0.15) is 11.6 Å². The van der Waals surface area contributed by atoms with Crippen LogP contribution in [-0.2, 0) is 6.54 Å². The Balaban J connectivity index is 1.79. The Bertz CT molecular complexity index is 1110. The van der Waals surface area contributed by atoms with E-state index in [0.29, 0.717) is 45.7 Å². The van der Waals surface area contributed by atoms with Crippen LogP contribution in [0.1, 0.15) is 28.9 Å². The molecule has 7 heteroatoms. The zero-order valence-electron chi connectivity index (χ0n) is 14.7. The number of benzene rings is 1. The van der Waals surface area contributed by atoms with Crippen LogP contribution in [0.4, 0.5) is 10.1 Å². The van der Waals surface area contributed by atoms with E-state index in [1.165, 1.54) is 13.2 Å². The van der Waals surface area contributed by atoms with Crippen molar-refractivity contribution in [3.63, 3.8) is 0 Å². The van der Waals surface area contributed by atoms with Crippen LogP contribution in [0.25, 0.3) is 22.0 Å². The van der Waals surface area contributed by atoms with Crippen molar-refractivity contribution in [2.45, 2.75) is 25.4 Å². The zero-order valence-corrected chi connectivity index (χ0v) is 14.7. The van der Waals surface area contributed by atoms with Crippen molar-refractivity contribution in [1.29, 1.82) is 0 Å². The minimum atomic E-state index is -0.441. The molecule has 0 unspecified atom stereocenters. The molecule has 27 heavy (non-hydrogen) atoms. The number of rotatable bonds is 3. The first-order valence-corrected chi connectivity index (χ1v) is 8.80. The molecule has 2 N–H and O–H groups in total. The second-order valence-corrected chi connectivity index (χ2v) is 6.91. The third-order valence-electron chi connectivity index (χ3n) is 5.27. The standard InChI is InChI=1S/C20H17FN4O2/c1-27-15-6-7-23-8-12(15)16-13(21)5-4-11-18(22)17-14(24-19(11)16)9-25(20(17)26)10-2-3-10/h4-8,10H,2-3,9H2,1H3,(H2,22,24). The first kappa shape index (κ1) is 16.0. The lowest BCUT2D eigenvalue weighted by Gasteiger charge is -2.13. The van der Waals surface area contributed by atoms with Gasteiger partial charge in [0.05, 0.1) is 36.1 Å². The molecule has 2 aromatic heterocycles. The van der Waals surface area contributed by atoms with E-state index in [-0.39, 0.29) is 17.5 Å². The average molecular weight is 364 g/mol. The van der Waals surface area contributed by atoms with Gasteiger partial charge in [0.25, 0.3) is 5.91 Å². The van der Waals surface area contributed by atoms with Gasteiger partial charge in [-0.1, -0.05) is 0 Å². The minimum Gasteiger partial charge on any atom is -0.496 e. The monoisotopic (exact) mass is 364 g/mol. The molecule has 0 radical (unpaired) electrons. The highest BCUT2D eigenvalue weighted by Gasteiger charge is 2.40. The van der Waals surface area contributed by atoms with Gasteiger partial charge in [-0.15, -0.1) is 0 Å². The van der Waals surface area contributed by atoms with Gasteiger partial charge >= 0.3 is 0 Å². The molecule has 5 rings (SSSR count). The minimum absolute atomic E-state index is 0.0794. The molecule has 1 aromatic carbocycles.